The van der Waals surface area contributed by atoms with Gasteiger partial charge in [-0.1, -0.05) is 6.92 Å². The molecule has 1 amide bonds. The van der Waals surface area contributed by atoms with E-state index in [1.807, 2.05) is 25.7 Å². The second-order valence-electron chi connectivity index (χ2n) is 11.2. The number of alkyl halides is 3. The summed E-state index contributed by atoms with van der Waals surface area (Å²) in [7, 11) is -2.76. The molecule has 2 aliphatic rings. The van der Waals surface area contributed by atoms with E-state index >= 15 is 0 Å². The van der Waals surface area contributed by atoms with Crippen molar-refractivity contribution < 1.29 is 31.1 Å². The van der Waals surface area contributed by atoms with Crippen LogP contribution in [0.25, 0.3) is 5.82 Å². The first-order chi connectivity index (χ1) is 18.5. The maximum absolute atomic E-state index is 14.0. The molecule has 3 atom stereocenters. The summed E-state index contributed by atoms with van der Waals surface area (Å²) in [5.41, 5.74) is 5.28. The second-order valence-corrected chi connectivity index (χ2v) is 13.1. The number of primary amides is 1. The van der Waals surface area contributed by atoms with E-state index in [9.17, 15) is 26.4 Å². The fourth-order valence-electron chi connectivity index (χ4n) is 5.47. The summed E-state index contributed by atoms with van der Waals surface area (Å²) in [6, 6.07) is 2.56. The van der Waals surface area contributed by atoms with Gasteiger partial charge in [0.05, 0.1) is 16.5 Å². The summed E-state index contributed by atoms with van der Waals surface area (Å²) < 4.78 is 74.8. The zero-order valence-corrected chi connectivity index (χ0v) is 23.4. The minimum absolute atomic E-state index is 0.0217. The number of carbonyl (C=O) groups excluding carboxylic acids is 1. The molecule has 2 unspecified atom stereocenters. The highest BCUT2D eigenvalue weighted by molar-refractivity contribution is 7.91. The third kappa shape index (κ3) is 4.90. The molecule has 0 radical (unpaired) electrons. The summed E-state index contributed by atoms with van der Waals surface area (Å²) in [5.74, 6) is -2.28. The Morgan fingerprint density at radius 3 is 2.45 bits per heavy atom. The number of nitrogens with zero attached hydrogens (tertiary/aromatic N) is 6. The smallest absolute Gasteiger partial charge is 0.395 e. The first-order valence-electron chi connectivity index (χ1n) is 12.7. The number of sulfone groups is 1. The van der Waals surface area contributed by atoms with Crippen LogP contribution in [0, 0.1) is 18.8 Å². The van der Waals surface area contributed by atoms with Crippen molar-refractivity contribution >= 4 is 21.6 Å². The molecule has 0 bridgehead atoms. The number of anilines is 1. The van der Waals surface area contributed by atoms with Crippen LogP contribution in [0.3, 0.4) is 0 Å². The predicted octanol–water partition coefficient (Wildman–Crippen LogP) is 3.20. The molecular weight excluding hydrogens is 551 g/mol. The maximum Gasteiger partial charge on any atom is 0.395 e. The van der Waals surface area contributed by atoms with Crippen molar-refractivity contribution in [3.05, 3.63) is 35.8 Å². The highest BCUT2D eigenvalue weighted by Crippen LogP contribution is 2.46. The van der Waals surface area contributed by atoms with E-state index in [-0.39, 0.29) is 50.9 Å². The van der Waals surface area contributed by atoms with Gasteiger partial charge in [-0.25, -0.2) is 18.1 Å². The molecule has 0 aromatic carbocycles. The Labute approximate surface area is 229 Å². The van der Waals surface area contributed by atoms with Gasteiger partial charge in [-0.2, -0.15) is 18.3 Å². The van der Waals surface area contributed by atoms with E-state index in [1.165, 1.54) is 40.8 Å². The van der Waals surface area contributed by atoms with Gasteiger partial charge in [0.25, 0.3) is 5.91 Å². The van der Waals surface area contributed by atoms with Crippen molar-refractivity contribution in [1.82, 2.24) is 24.5 Å². The van der Waals surface area contributed by atoms with Crippen LogP contribution in [0.5, 0.6) is 5.88 Å². The molecule has 2 fully saturated rings. The van der Waals surface area contributed by atoms with Gasteiger partial charge in [0.15, 0.2) is 5.82 Å². The molecule has 1 saturated carbocycles. The molecule has 1 aliphatic heterocycles. The molecule has 40 heavy (non-hydrogen) atoms. The number of ether oxygens (including phenoxy) is 1. The van der Waals surface area contributed by atoms with Crippen LogP contribution >= 0.6 is 0 Å². The minimum Gasteiger partial charge on any atom is -0.473 e. The van der Waals surface area contributed by atoms with Gasteiger partial charge in [0.1, 0.15) is 22.4 Å². The zero-order valence-electron chi connectivity index (χ0n) is 22.6. The van der Waals surface area contributed by atoms with E-state index in [1.54, 1.807) is 7.05 Å². The molecule has 0 spiro atoms. The third-order valence-electron chi connectivity index (χ3n) is 7.30. The van der Waals surface area contributed by atoms with Crippen molar-refractivity contribution in [3.8, 4) is 11.7 Å². The Hall–Kier alpha value is -3.62. The van der Waals surface area contributed by atoms with Crippen molar-refractivity contribution in [1.29, 1.82) is 0 Å². The lowest BCUT2D eigenvalue weighted by Crippen LogP contribution is -2.40. The Bertz CT molecular complexity index is 1600. The van der Waals surface area contributed by atoms with Gasteiger partial charge in [0, 0.05) is 43.7 Å². The number of aromatic nitrogens is 5. The van der Waals surface area contributed by atoms with Gasteiger partial charge in [-0.15, -0.1) is 5.10 Å². The van der Waals surface area contributed by atoms with Crippen LogP contribution in [0.4, 0.5) is 19.0 Å². The molecule has 1 saturated heterocycles. The summed E-state index contributed by atoms with van der Waals surface area (Å²) in [6.45, 7) is 7.98. The summed E-state index contributed by atoms with van der Waals surface area (Å²) in [6.07, 6.45) is -2.07. The van der Waals surface area contributed by atoms with E-state index in [4.69, 9.17) is 10.5 Å². The monoisotopic (exact) mass is 581 g/mol. The van der Waals surface area contributed by atoms with Crippen LogP contribution in [-0.4, -0.2) is 63.2 Å². The summed E-state index contributed by atoms with van der Waals surface area (Å²) >= 11 is 0. The fraction of sp³-hybridized carbons (Fsp3) is 0.520. The van der Waals surface area contributed by atoms with Gasteiger partial charge < -0.3 is 15.4 Å². The Balaban J connectivity index is 1.66. The van der Waals surface area contributed by atoms with E-state index in [0.717, 1.165) is 6.42 Å². The number of rotatable bonds is 7. The largest absolute Gasteiger partial charge is 0.473 e. The summed E-state index contributed by atoms with van der Waals surface area (Å²) in [5, 5.41) is 8.34. The summed E-state index contributed by atoms with van der Waals surface area (Å²) in [4.78, 5) is 18.9. The molecule has 3 aromatic rings. The average Bonchev–Trinajstić information content (AvgIpc) is 3.15. The van der Waals surface area contributed by atoms with E-state index < -0.39 is 39.5 Å². The molecule has 216 valence electrons. The van der Waals surface area contributed by atoms with Crippen molar-refractivity contribution in [2.75, 3.05) is 11.4 Å². The number of hydrogen-bond acceptors (Lipinski definition) is 8. The van der Waals surface area contributed by atoms with Gasteiger partial charge in [-0.05, 0) is 39.5 Å². The van der Waals surface area contributed by atoms with Crippen LogP contribution in [-0.2, 0) is 16.9 Å². The molecule has 5 rings (SSSR count). The number of hydrogen-bond donors (Lipinski definition) is 1. The van der Waals surface area contributed by atoms with E-state index in [0.29, 0.717) is 6.54 Å². The molecule has 2 N–H and O–H groups in total. The Morgan fingerprint density at radius 2 is 1.93 bits per heavy atom. The number of aryl methyl sites for hydroxylation is 2. The zero-order chi connectivity index (χ0) is 29.4. The quantitative estimate of drug-likeness (QED) is 0.449. The first-order valence-corrected chi connectivity index (χ1v) is 14.1. The van der Waals surface area contributed by atoms with Crippen molar-refractivity contribution in [3.63, 3.8) is 0 Å². The number of halogens is 3. The number of pyridine rings is 1. The van der Waals surface area contributed by atoms with Crippen LogP contribution in [0.1, 0.15) is 49.7 Å². The van der Waals surface area contributed by atoms with Crippen molar-refractivity contribution in [2.45, 2.75) is 68.1 Å². The Morgan fingerprint density at radius 1 is 1.23 bits per heavy atom. The Kier molecular flexibility index (Phi) is 6.43. The van der Waals surface area contributed by atoms with Crippen LogP contribution < -0.4 is 15.4 Å². The molecule has 1 aliphatic carbocycles. The molecule has 11 nitrogen and oxygen atoms in total. The molecule has 15 heteroatoms. The van der Waals surface area contributed by atoms with E-state index in [2.05, 4.69) is 15.2 Å². The molecule has 4 heterocycles. The number of nitrogens with two attached hydrogens (primary N) is 1. The standard InChI is InChI=1S/C25H30F3N7O4S/c1-13-10-24(3,4)34(11-13)23-21(22(29)36)17(40(37,38)18-12-33(5)31-14(18)2)9-19(30-23)35-7-6-20(32-35)39-16-8-15(16)25(26,27)28/h6-7,9,12-13,15-16H,8,10-11H2,1-5H3,(H2,29,36)/t13-,15?,16?/m0/s1. The lowest BCUT2D eigenvalue weighted by Gasteiger charge is -2.34. The highest BCUT2D eigenvalue weighted by Gasteiger charge is 2.58. The first kappa shape index (κ1) is 27.9. The maximum atomic E-state index is 14.0. The minimum atomic E-state index is -4.36. The molecule has 3 aromatic heterocycles. The number of carbonyl (C=O) groups is 1. The highest BCUT2D eigenvalue weighted by atomic mass is 32.2. The average molecular weight is 582 g/mol. The fourth-order valence-corrected chi connectivity index (χ4v) is 7.15. The normalized spacial score (nSPS) is 22.5. The predicted molar refractivity (Wildman–Crippen MR) is 137 cm³/mol. The lowest BCUT2D eigenvalue weighted by molar-refractivity contribution is -0.153. The van der Waals surface area contributed by atoms with Gasteiger partial charge in [0.2, 0.25) is 15.7 Å². The van der Waals surface area contributed by atoms with Crippen LogP contribution in [0.2, 0.25) is 0 Å². The van der Waals surface area contributed by atoms with Gasteiger partial charge >= 0.3 is 6.18 Å². The topological polar surface area (TPSA) is 138 Å². The third-order valence-corrected chi connectivity index (χ3v) is 9.18. The van der Waals surface area contributed by atoms with Crippen molar-refractivity contribution in [2.24, 2.45) is 24.6 Å². The second kappa shape index (κ2) is 9.21. The SMILES string of the molecule is Cc1nn(C)cc1S(=O)(=O)c1cc(-n2ccc(OC3CC3C(F)(F)F)n2)nc(N2C[C@@H](C)CC2(C)C)c1C(N)=O. The van der Waals surface area contributed by atoms with Gasteiger partial charge in [-0.3, -0.25) is 9.48 Å². The lowest BCUT2D eigenvalue weighted by atomic mass is 9.97. The van der Waals surface area contributed by atoms with Crippen LogP contribution in [0.15, 0.2) is 34.3 Å². The molecular formula is C25H30F3N7O4S. The number of amides is 1.